The van der Waals surface area contributed by atoms with Gasteiger partial charge in [-0.3, -0.25) is 4.79 Å². The summed E-state index contributed by atoms with van der Waals surface area (Å²) >= 11 is 0. The third-order valence-corrected chi connectivity index (χ3v) is 2.84. The Morgan fingerprint density at radius 2 is 2.28 bits per heavy atom. The number of nitrogens with one attached hydrogen (secondary N) is 1. The molecule has 1 heterocycles. The van der Waals surface area contributed by atoms with Crippen molar-refractivity contribution >= 4 is 17.0 Å². The number of fused-ring (bicyclic) bond motifs is 1. The number of hydrogen-bond acceptors (Lipinski definition) is 3. The summed E-state index contributed by atoms with van der Waals surface area (Å²) in [5.74, 6) is 0.792. The van der Waals surface area contributed by atoms with E-state index in [9.17, 15) is 4.79 Å². The third kappa shape index (κ3) is 2.88. The Labute approximate surface area is 106 Å². The molecule has 0 bridgehead atoms. The molecule has 1 aromatic carbocycles. The summed E-state index contributed by atoms with van der Waals surface area (Å²) in [5.41, 5.74) is 2.96. The minimum atomic E-state index is 0.0149. The minimum Gasteiger partial charge on any atom is -0.440 e. The molecule has 0 fully saturated rings. The van der Waals surface area contributed by atoms with Gasteiger partial charge in [-0.25, -0.2) is 4.98 Å². The highest BCUT2D eigenvalue weighted by molar-refractivity contribution is 5.76. The zero-order valence-electron chi connectivity index (χ0n) is 10.8. The van der Waals surface area contributed by atoms with Crippen LogP contribution in [0.15, 0.2) is 22.6 Å². The number of carbonyl (C=O) groups is 1. The van der Waals surface area contributed by atoms with Crippen molar-refractivity contribution in [3.05, 3.63) is 29.7 Å². The highest BCUT2D eigenvalue weighted by atomic mass is 16.3. The second-order valence-corrected chi connectivity index (χ2v) is 4.31. The molecule has 0 saturated carbocycles. The Kier molecular flexibility index (Phi) is 3.97. The average Bonchev–Trinajstić information content (AvgIpc) is 2.78. The number of aromatic nitrogens is 1. The number of para-hydroxylation sites is 1. The Bertz CT molecular complexity index is 546. The molecular weight excluding hydrogens is 228 g/mol. The third-order valence-electron chi connectivity index (χ3n) is 2.84. The highest BCUT2D eigenvalue weighted by Gasteiger charge is 2.08. The van der Waals surface area contributed by atoms with Gasteiger partial charge in [-0.2, -0.15) is 0 Å². The Morgan fingerprint density at radius 3 is 3.00 bits per heavy atom. The van der Waals surface area contributed by atoms with Gasteiger partial charge in [-0.1, -0.05) is 19.1 Å². The maximum Gasteiger partial charge on any atom is 0.216 e. The van der Waals surface area contributed by atoms with Crippen LogP contribution in [0.5, 0.6) is 0 Å². The van der Waals surface area contributed by atoms with Crippen LogP contribution in [0.25, 0.3) is 11.1 Å². The number of benzene rings is 1. The molecule has 0 aliphatic rings. The number of rotatable bonds is 5. The average molecular weight is 246 g/mol. The summed E-state index contributed by atoms with van der Waals surface area (Å²) in [6, 6.07) is 6.02. The highest BCUT2D eigenvalue weighted by Crippen LogP contribution is 2.21. The first-order chi connectivity index (χ1) is 8.70. The molecule has 4 heteroatoms. The van der Waals surface area contributed by atoms with E-state index in [1.807, 2.05) is 19.1 Å². The first kappa shape index (κ1) is 12.6. The summed E-state index contributed by atoms with van der Waals surface area (Å²) in [7, 11) is 0. The maximum atomic E-state index is 10.8. The molecule has 0 atom stereocenters. The van der Waals surface area contributed by atoms with Gasteiger partial charge in [0.1, 0.15) is 5.52 Å². The lowest BCUT2D eigenvalue weighted by Crippen LogP contribution is -2.21. The molecule has 1 N–H and O–H groups in total. The zero-order chi connectivity index (χ0) is 13.0. The van der Waals surface area contributed by atoms with Crippen molar-refractivity contribution < 1.29 is 9.21 Å². The second kappa shape index (κ2) is 5.67. The van der Waals surface area contributed by atoms with Crippen molar-refractivity contribution in [2.45, 2.75) is 33.1 Å². The van der Waals surface area contributed by atoms with Gasteiger partial charge in [-0.15, -0.1) is 0 Å². The lowest BCUT2D eigenvalue weighted by Gasteiger charge is -2.02. The van der Waals surface area contributed by atoms with Gasteiger partial charge in [0.05, 0.1) is 0 Å². The molecule has 0 radical (unpaired) electrons. The molecule has 1 amide bonds. The molecular formula is C14H18N2O2. The van der Waals surface area contributed by atoms with E-state index >= 15 is 0 Å². The van der Waals surface area contributed by atoms with Crippen molar-refractivity contribution in [1.82, 2.24) is 10.3 Å². The summed E-state index contributed by atoms with van der Waals surface area (Å²) in [6.07, 6.45) is 2.59. The van der Waals surface area contributed by atoms with E-state index in [0.29, 0.717) is 6.54 Å². The van der Waals surface area contributed by atoms with Gasteiger partial charge < -0.3 is 9.73 Å². The molecule has 0 aliphatic heterocycles. The van der Waals surface area contributed by atoms with E-state index in [0.717, 1.165) is 41.8 Å². The molecule has 2 rings (SSSR count). The van der Waals surface area contributed by atoms with Crippen LogP contribution < -0.4 is 5.32 Å². The Balaban J connectivity index is 2.07. The van der Waals surface area contributed by atoms with Gasteiger partial charge >= 0.3 is 0 Å². The van der Waals surface area contributed by atoms with Gasteiger partial charge in [0.25, 0.3) is 0 Å². The van der Waals surface area contributed by atoms with Gasteiger partial charge in [0.15, 0.2) is 11.5 Å². The standard InChI is InChI=1S/C14H18N2O2/c1-3-13-16-12-8-4-6-11(14(12)18-13)7-5-9-15-10(2)17/h4,6,8H,3,5,7,9H2,1-2H3,(H,15,17). The van der Waals surface area contributed by atoms with Gasteiger partial charge in [0.2, 0.25) is 5.91 Å². The molecule has 0 saturated heterocycles. The Hall–Kier alpha value is -1.84. The fourth-order valence-corrected chi connectivity index (χ4v) is 1.94. The van der Waals surface area contributed by atoms with Crippen LogP contribution >= 0.6 is 0 Å². The van der Waals surface area contributed by atoms with Crippen LogP contribution in [0.3, 0.4) is 0 Å². The predicted molar refractivity (Wildman–Crippen MR) is 70.4 cm³/mol. The first-order valence-corrected chi connectivity index (χ1v) is 6.32. The predicted octanol–water partition coefficient (Wildman–Crippen LogP) is 2.46. The normalized spacial score (nSPS) is 10.8. The number of oxazole rings is 1. The molecule has 2 aromatic rings. The van der Waals surface area contributed by atoms with Crippen LogP contribution in [-0.4, -0.2) is 17.4 Å². The SMILES string of the molecule is CCc1nc2cccc(CCCNC(C)=O)c2o1. The van der Waals surface area contributed by atoms with Gasteiger partial charge in [-0.05, 0) is 24.5 Å². The van der Waals surface area contributed by atoms with E-state index in [-0.39, 0.29) is 5.91 Å². The molecule has 0 unspecified atom stereocenters. The van der Waals surface area contributed by atoms with Crippen molar-refractivity contribution in [1.29, 1.82) is 0 Å². The van der Waals surface area contributed by atoms with Crippen LogP contribution in [0.4, 0.5) is 0 Å². The monoisotopic (exact) mass is 246 g/mol. The summed E-state index contributed by atoms with van der Waals surface area (Å²) in [6.45, 7) is 4.26. The minimum absolute atomic E-state index is 0.0149. The number of aryl methyl sites for hydroxylation is 2. The fraction of sp³-hybridized carbons (Fsp3) is 0.429. The van der Waals surface area contributed by atoms with Crippen LogP contribution in [-0.2, 0) is 17.6 Å². The van der Waals surface area contributed by atoms with E-state index < -0.39 is 0 Å². The van der Waals surface area contributed by atoms with E-state index in [1.165, 1.54) is 6.92 Å². The van der Waals surface area contributed by atoms with Crippen LogP contribution in [0, 0.1) is 0 Å². The molecule has 18 heavy (non-hydrogen) atoms. The summed E-state index contributed by atoms with van der Waals surface area (Å²) < 4.78 is 5.73. The molecule has 0 aliphatic carbocycles. The summed E-state index contributed by atoms with van der Waals surface area (Å²) in [4.78, 5) is 15.2. The zero-order valence-corrected chi connectivity index (χ0v) is 10.8. The quantitative estimate of drug-likeness (QED) is 0.824. The van der Waals surface area contributed by atoms with Crippen molar-refractivity contribution in [3.8, 4) is 0 Å². The lowest BCUT2D eigenvalue weighted by atomic mass is 10.1. The first-order valence-electron chi connectivity index (χ1n) is 6.32. The smallest absolute Gasteiger partial charge is 0.216 e. The molecule has 96 valence electrons. The van der Waals surface area contributed by atoms with Crippen LogP contribution in [0.2, 0.25) is 0 Å². The van der Waals surface area contributed by atoms with Crippen molar-refractivity contribution in [3.63, 3.8) is 0 Å². The Morgan fingerprint density at radius 1 is 1.44 bits per heavy atom. The lowest BCUT2D eigenvalue weighted by molar-refractivity contribution is -0.118. The molecule has 4 nitrogen and oxygen atoms in total. The molecule has 0 spiro atoms. The number of nitrogens with zero attached hydrogens (tertiary/aromatic N) is 1. The number of hydrogen-bond donors (Lipinski definition) is 1. The van der Waals surface area contributed by atoms with Crippen molar-refractivity contribution in [2.75, 3.05) is 6.54 Å². The largest absolute Gasteiger partial charge is 0.440 e. The topological polar surface area (TPSA) is 55.1 Å². The van der Waals surface area contributed by atoms with E-state index in [2.05, 4.69) is 16.4 Å². The van der Waals surface area contributed by atoms with E-state index in [1.54, 1.807) is 0 Å². The van der Waals surface area contributed by atoms with Crippen LogP contribution in [0.1, 0.15) is 31.7 Å². The fourth-order valence-electron chi connectivity index (χ4n) is 1.94. The van der Waals surface area contributed by atoms with Crippen molar-refractivity contribution in [2.24, 2.45) is 0 Å². The number of amides is 1. The summed E-state index contributed by atoms with van der Waals surface area (Å²) in [5, 5.41) is 2.80. The second-order valence-electron chi connectivity index (χ2n) is 4.31. The number of carbonyl (C=O) groups excluding carboxylic acids is 1. The molecule has 1 aromatic heterocycles. The van der Waals surface area contributed by atoms with Gasteiger partial charge in [0, 0.05) is 19.9 Å². The van der Waals surface area contributed by atoms with E-state index in [4.69, 9.17) is 4.42 Å². The maximum absolute atomic E-state index is 10.8.